The summed E-state index contributed by atoms with van der Waals surface area (Å²) in [6.07, 6.45) is 0. The minimum absolute atomic E-state index is 0.116. The molecular formula is C22H21FN2O4S2. The van der Waals surface area contributed by atoms with E-state index in [0.29, 0.717) is 23.7 Å². The van der Waals surface area contributed by atoms with Gasteiger partial charge in [-0.05, 0) is 47.8 Å². The Morgan fingerprint density at radius 3 is 2.35 bits per heavy atom. The Labute approximate surface area is 184 Å². The topological polar surface area (TPSA) is 66.9 Å². The quantitative estimate of drug-likeness (QED) is 0.564. The molecule has 0 N–H and O–H groups in total. The third-order valence-electron chi connectivity index (χ3n) is 4.99. The normalized spacial score (nSPS) is 15.1. The zero-order valence-electron chi connectivity index (χ0n) is 16.6. The van der Waals surface area contributed by atoms with Gasteiger partial charge in [0, 0.05) is 31.7 Å². The molecular weight excluding hydrogens is 439 g/mol. The highest BCUT2D eigenvalue weighted by Crippen LogP contribution is 2.22. The molecule has 1 aliphatic rings. The van der Waals surface area contributed by atoms with Crippen molar-refractivity contribution in [3.05, 3.63) is 82.3 Å². The zero-order valence-corrected chi connectivity index (χ0v) is 18.2. The summed E-state index contributed by atoms with van der Waals surface area (Å²) in [7, 11) is -3.55. The fourth-order valence-corrected chi connectivity index (χ4v) is 5.60. The molecule has 0 bridgehead atoms. The number of halogens is 1. The van der Waals surface area contributed by atoms with Crippen molar-refractivity contribution in [1.82, 2.24) is 9.21 Å². The molecule has 0 spiro atoms. The number of hydrogen-bond donors (Lipinski definition) is 0. The molecule has 0 radical (unpaired) electrons. The molecule has 1 saturated heterocycles. The summed E-state index contributed by atoms with van der Waals surface area (Å²) in [4.78, 5) is 15.4. The molecule has 0 atom stereocenters. The lowest BCUT2D eigenvalue weighted by Crippen LogP contribution is -2.50. The van der Waals surface area contributed by atoms with Gasteiger partial charge in [0.2, 0.25) is 10.0 Å². The molecule has 1 fully saturated rings. The number of sulfonamides is 1. The highest BCUT2D eigenvalue weighted by molar-refractivity contribution is 7.89. The predicted molar refractivity (Wildman–Crippen MR) is 116 cm³/mol. The summed E-state index contributed by atoms with van der Waals surface area (Å²) in [6, 6.07) is 15.9. The first kappa shape index (κ1) is 21.5. The summed E-state index contributed by atoms with van der Waals surface area (Å²) in [5, 5.41) is 1.85. The maximum absolute atomic E-state index is 13.0. The fourth-order valence-electron chi connectivity index (χ4n) is 3.29. The fraction of sp³-hybridized carbons (Fsp3) is 0.227. The summed E-state index contributed by atoms with van der Waals surface area (Å²) < 4.78 is 45.5. The molecule has 0 aliphatic carbocycles. The van der Waals surface area contributed by atoms with Crippen LogP contribution in [0.3, 0.4) is 0 Å². The van der Waals surface area contributed by atoms with Gasteiger partial charge in [-0.3, -0.25) is 4.79 Å². The molecule has 2 heterocycles. The Kier molecular flexibility index (Phi) is 6.35. The van der Waals surface area contributed by atoms with Crippen molar-refractivity contribution in [2.24, 2.45) is 0 Å². The lowest BCUT2D eigenvalue weighted by Gasteiger charge is -2.33. The van der Waals surface area contributed by atoms with Gasteiger partial charge in [0.15, 0.2) is 0 Å². The number of amides is 1. The van der Waals surface area contributed by atoms with Gasteiger partial charge >= 0.3 is 0 Å². The molecule has 3 aromatic rings. The van der Waals surface area contributed by atoms with E-state index in [1.807, 2.05) is 5.38 Å². The molecule has 9 heteroatoms. The molecule has 4 rings (SSSR count). The second kappa shape index (κ2) is 9.17. The molecule has 1 aromatic heterocycles. The lowest BCUT2D eigenvalue weighted by molar-refractivity contribution is 0.0702. The minimum Gasteiger partial charge on any atom is -0.489 e. The lowest BCUT2D eigenvalue weighted by atomic mass is 10.3. The van der Waals surface area contributed by atoms with Crippen LogP contribution in [0.4, 0.5) is 4.39 Å². The Bertz CT molecular complexity index is 1140. The van der Waals surface area contributed by atoms with Crippen LogP contribution in [0.15, 0.2) is 70.9 Å². The van der Waals surface area contributed by atoms with Crippen molar-refractivity contribution < 1.29 is 22.3 Å². The van der Waals surface area contributed by atoms with Crippen LogP contribution < -0.4 is 4.74 Å². The molecule has 6 nitrogen and oxygen atoms in total. The SMILES string of the molecule is O=C(c1cc(COc2ccc(F)cc2)cs1)N1CCN(S(=O)(=O)c2ccccc2)CC1. The molecule has 0 saturated carbocycles. The van der Waals surface area contributed by atoms with Gasteiger partial charge in [-0.2, -0.15) is 4.31 Å². The Morgan fingerprint density at radius 1 is 1.00 bits per heavy atom. The summed E-state index contributed by atoms with van der Waals surface area (Å²) in [5.41, 5.74) is 0.850. The number of benzene rings is 2. The smallest absolute Gasteiger partial charge is 0.264 e. The number of rotatable bonds is 6. The Balaban J connectivity index is 1.33. The summed E-state index contributed by atoms with van der Waals surface area (Å²) in [6.45, 7) is 1.47. The van der Waals surface area contributed by atoms with Crippen molar-refractivity contribution in [3.63, 3.8) is 0 Å². The van der Waals surface area contributed by atoms with Crippen LogP contribution in [0.1, 0.15) is 15.2 Å². The van der Waals surface area contributed by atoms with E-state index >= 15 is 0 Å². The number of carbonyl (C=O) groups excluding carboxylic acids is 1. The van der Waals surface area contributed by atoms with Crippen molar-refractivity contribution in [2.75, 3.05) is 26.2 Å². The first-order valence-corrected chi connectivity index (χ1v) is 12.1. The molecule has 162 valence electrons. The largest absolute Gasteiger partial charge is 0.489 e. The van der Waals surface area contributed by atoms with Crippen LogP contribution >= 0.6 is 11.3 Å². The van der Waals surface area contributed by atoms with Gasteiger partial charge in [-0.25, -0.2) is 12.8 Å². The second-order valence-electron chi connectivity index (χ2n) is 7.07. The monoisotopic (exact) mass is 460 g/mol. The molecule has 0 unspecified atom stereocenters. The Morgan fingerprint density at radius 2 is 1.68 bits per heavy atom. The van der Waals surface area contributed by atoms with Gasteiger partial charge in [0.05, 0.1) is 9.77 Å². The number of ether oxygens (including phenoxy) is 1. The number of nitrogens with zero attached hydrogens (tertiary/aromatic N) is 2. The number of hydrogen-bond acceptors (Lipinski definition) is 5. The number of thiophene rings is 1. The van der Waals surface area contributed by atoms with Gasteiger partial charge in [-0.1, -0.05) is 18.2 Å². The first-order valence-electron chi connectivity index (χ1n) is 9.74. The van der Waals surface area contributed by atoms with Gasteiger partial charge < -0.3 is 9.64 Å². The third-order valence-corrected chi connectivity index (χ3v) is 7.87. The van der Waals surface area contributed by atoms with Gasteiger partial charge in [0.25, 0.3) is 5.91 Å². The van der Waals surface area contributed by atoms with E-state index in [0.717, 1.165) is 5.56 Å². The molecule has 2 aromatic carbocycles. The highest BCUT2D eigenvalue weighted by Gasteiger charge is 2.30. The summed E-state index contributed by atoms with van der Waals surface area (Å²) in [5.74, 6) is 0.110. The van der Waals surface area contributed by atoms with Crippen molar-refractivity contribution >= 4 is 27.3 Å². The molecule has 1 amide bonds. The highest BCUT2D eigenvalue weighted by atomic mass is 32.2. The van der Waals surface area contributed by atoms with E-state index in [-0.39, 0.29) is 36.3 Å². The van der Waals surface area contributed by atoms with Crippen LogP contribution in [0, 0.1) is 5.82 Å². The van der Waals surface area contributed by atoms with E-state index in [4.69, 9.17) is 4.74 Å². The van der Waals surface area contributed by atoms with E-state index in [1.165, 1.54) is 27.8 Å². The van der Waals surface area contributed by atoms with Crippen LogP contribution in [-0.4, -0.2) is 49.7 Å². The second-order valence-corrected chi connectivity index (χ2v) is 9.92. The van der Waals surface area contributed by atoms with Crippen molar-refractivity contribution in [3.8, 4) is 5.75 Å². The van der Waals surface area contributed by atoms with Gasteiger partial charge in [-0.15, -0.1) is 11.3 Å². The standard InChI is InChI=1S/C22H21FN2O4S2/c23-18-6-8-19(9-7-18)29-15-17-14-21(30-16-17)22(26)24-10-12-25(13-11-24)31(27,28)20-4-2-1-3-5-20/h1-9,14,16H,10-13,15H2. The maximum atomic E-state index is 13.0. The third kappa shape index (κ3) is 4.95. The van der Waals surface area contributed by atoms with E-state index in [1.54, 1.807) is 53.4 Å². The molecule has 1 aliphatic heterocycles. The van der Waals surface area contributed by atoms with E-state index in [2.05, 4.69) is 0 Å². The maximum Gasteiger partial charge on any atom is 0.264 e. The average Bonchev–Trinajstić information content (AvgIpc) is 3.28. The van der Waals surface area contributed by atoms with Crippen LogP contribution in [-0.2, 0) is 16.6 Å². The summed E-state index contributed by atoms with van der Waals surface area (Å²) >= 11 is 1.33. The van der Waals surface area contributed by atoms with Gasteiger partial charge in [0.1, 0.15) is 18.2 Å². The molecule has 31 heavy (non-hydrogen) atoms. The van der Waals surface area contributed by atoms with Crippen molar-refractivity contribution in [2.45, 2.75) is 11.5 Å². The first-order chi connectivity index (χ1) is 14.9. The minimum atomic E-state index is -3.55. The zero-order chi connectivity index (χ0) is 21.8. The number of piperazine rings is 1. The van der Waals surface area contributed by atoms with Crippen LogP contribution in [0.2, 0.25) is 0 Å². The van der Waals surface area contributed by atoms with Crippen LogP contribution in [0.25, 0.3) is 0 Å². The number of carbonyl (C=O) groups is 1. The Hall–Kier alpha value is -2.75. The van der Waals surface area contributed by atoms with Crippen LogP contribution in [0.5, 0.6) is 5.75 Å². The predicted octanol–water partition coefficient (Wildman–Crippen LogP) is 3.61. The van der Waals surface area contributed by atoms with E-state index in [9.17, 15) is 17.6 Å². The average molecular weight is 461 g/mol. The van der Waals surface area contributed by atoms with E-state index < -0.39 is 10.0 Å². The van der Waals surface area contributed by atoms with Crippen molar-refractivity contribution in [1.29, 1.82) is 0 Å².